The van der Waals surface area contributed by atoms with Crippen molar-refractivity contribution in [2.45, 2.75) is 69.7 Å². The van der Waals surface area contributed by atoms with E-state index in [1.807, 2.05) is 12.3 Å². The fraction of sp³-hybridized carbons (Fsp3) is 0.228. The molecule has 2 aliphatic rings. The second-order valence-corrected chi connectivity index (χ2v) is 25.9. The van der Waals surface area contributed by atoms with E-state index in [0.717, 1.165) is 39.7 Å². The van der Waals surface area contributed by atoms with E-state index in [4.69, 9.17) is 36.1 Å². The molecular formula is C57H49N15O9S6. The fourth-order valence-corrected chi connectivity index (χ4v) is 15.2. The molecule has 87 heavy (non-hydrogen) atoms. The maximum atomic E-state index is 15.4. The van der Waals surface area contributed by atoms with Crippen molar-refractivity contribution >= 4 is 103 Å². The number of carbonyl (C=O) groups is 6. The maximum Gasteiger partial charge on any atom is 0.271 e. The van der Waals surface area contributed by atoms with Crippen LogP contribution in [-0.2, 0) is 22.6 Å². The van der Waals surface area contributed by atoms with Crippen LogP contribution in [0.2, 0.25) is 0 Å². The monoisotopic (exact) mass is 1280 g/mol. The van der Waals surface area contributed by atoms with Crippen molar-refractivity contribution < 1.29 is 43.7 Å². The van der Waals surface area contributed by atoms with E-state index in [0.29, 0.717) is 70.1 Å². The highest BCUT2D eigenvalue weighted by Crippen LogP contribution is 2.43. The third kappa shape index (κ3) is 12.4. The van der Waals surface area contributed by atoms with Crippen molar-refractivity contribution in [3.05, 3.63) is 166 Å². The molecule has 12 rings (SSSR count). The number of primary amides is 2. The Morgan fingerprint density at radius 1 is 0.701 bits per heavy atom. The van der Waals surface area contributed by atoms with Gasteiger partial charge in [-0.1, -0.05) is 49.4 Å². The summed E-state index contributed by atoms with van der Waals surface area (Å²) in [6, 6.07) is 14.7. The number of carbonyl (C=O) groups excluding carboxylic acids is 6. The first-order valence-corrected chi connectivity index (χ1v) is 31.9. The van der Waals surface area contributed by atoms with Gasteiger partial charge >= 0.3 is 0 Å². The molecule has 442 valence electrons. The van der Waals surface area contributed by atoms with Crippen molar-refractivity contribution in [2.75, 3.05) is 6.54 Å². The summed E-state index contributed by atoms with van der Waals surface area (Å²) in [5, 5.41) is 42.5. The molecule has 0 spiro atoms. The van der Waals surface area contributed by atoms with Gasteiger partial charge in [-0.25, -0.2) is 39.9 Å². The van der Waals surface area contributed by atoms with Crippen LogP contribution in [0.3, 0.4) is 0 Å². The number of rotatable bonds is 11. The molecule has 7 atom stereocenters. The Morgan fingerprint density at radius 3 is 2.13 bits per heavy atom. The van der Waals surface area contributed by atoms with Crippen LogP contribution in [-0.4, -0.2) is 114 Å². The standard InChI is InChI=1S/C57H49N15O9S6/c1-25-40(73)17-72-45(25)56-69-39(23-86-56)53-65-35(19-83-53)43-31(12-13-32(62-43)52-66-36(20-84-52)47(59)76)51-67-37(21-82-51)48(77)63-33(15-41(58)74)54-71-42(26(2)87-54)50(79)70-44(46(75)28-6-4-3-5-7-28)55-68-38(22-85-55)49(78)64-34(57(72)80)14-27-8-10-30(11-9-27)81-18-29-16-60-24-61-29/h3-13,16,19-25,33-34,40,44-46,73,75H,14-15,17-18H2,1-2H3,(H2,58,74)(H2,59,76)(H,60,61)(H,63,77)(H,64,78)(H,70,79)/t25-,33-,34-,40-,44-,45+,46+/m0/s1. The van der Waals surface area contributed by atoms with Gasteiger partial charge < -0.3 is 52.3 Å². The topological polar surface area (TPSA) is 362 Å². The first kappa shape index (κ1) is 58.5. The molecular weight excluding hydrogens is 1230 g/mol. The van der Waals surface area contributed by atoms with E-state index < -0.39 is 84.2 Å². The zero-order chi connectivity index (χ0) is 60.6. The highest BCUT2D eigenvalue weighted by molar-refractivity contribution is 7.15. The molecule has 1 fully saturated rings. The molecule has 24 nitrogen and oxygen atoms in total. The zero-order valence-electron chi connectivity index (χ0n) is 45.6. The van der Waals surface area contributed by atoms with Crippen molar-refractivity contribution in [3.63, 3.8) is 0 Å². The highest BCUT2D eigenvalue weighted by atomic mass is 32.1. The second-order valence-electron chi connectivity index (χ2n) is 20.3. The molecule has 0 aliphatic carbocycles. The number of amides is 6. The van der Waals surface area contributed by atoms with E-state index in [-0.39, 0.29) is 52.4 Å². The summed E-state index contributed by atoms with van der Waals surface area (Å²) >= 11 is 6.93. The third-order valence-corrected chi connectivity index (χ3v) is 19.9. The molecule has 0 saturated carbocycles. The first-order chi connectivity index (χ1) is 42.0. The van der Waals surface area contributed by atoms with Gasteiger partial charge in [0.05, 0.1) is 48.5 Å². The van der Waals surface area contributed by atoms with Crippen LogP contribution >= 0.6 is 68.0 Å². The van der Waals surface area contributed by atoms with Crippen molar-refractivity contribution in [1.29, 1.82) is 0 Å². The predicted molar refractivity (Wildman–Crippen MR) is 326 cm³/mol. The number of aromatic nitrogens is 9. The number of nitrogens with one attached hydrogen (secondary N) is 4. The molecule has 1 saturated heterocycles. The minimum Gasteiger partial charge on any atom is -0.487 e. The third-order valence-electron chi connectivity index (χ3n) is 14.4. The Kier molecular flexibility index (Phi) is 16.7. The molecule has 10 aromatic rings. The Bertz CT molecular complexity index is 4220. The van der Waals surface area contributed by atoms with Gasteiger partial charge in [-0.3, -0.25) is 28.8 Å². The number of aliphatic hydroxyl groups is 2. The van der Waals surface area contributed by atoms with Crippen molar-refractivity contribution in [1.82, 2.24) is 65.7 Å². The van der Waals surface area contributed by atoms with Crippen LogP contribution in [0.15, 0.2) is 106 Å². The Hall–Kier alpha value is -8.88. The number of aryl methyl sites for hydroxylation is 1. The van der Waals surface area contributed by atoms with Gasteiger partial charge in [-0.05, 0) is 42.3 Å². The molecule has 10 heterocycles. The fourth-order valence-electron chi connectivity index (χ4n) is 9.92. The molecule has 6 amide bonds. The number of fused-ring (bicyclic) bond motifs is 16. The smallest absolute Gasteiger partial charge is 0.271 e. The van der Waals surface area contributed by atoms with Crippen molar-refractivity contribution in [3.8, 4) is 49.1 Å². The number of hydrogen-bond donors (Lipinski definition) is 8. The molecule has 2 aliphatic heterocycles. The largest absolute Gasteiger partial charge is 0.487 e. The van der Waals surface area contributed by atoms with Gasteiger partial charge in [0.2, 0.25) is 11.8 Å². The van der Waals surface area contributed by atoms with Gasteiger partial charge in [-0.2, -0.15) is 0 Å². The van der Waals surface area contributed by atoms with Crippen LogP contribution in [0.1, 0.15) is 116 Å². The maximum absolute atomic E-state index is 15.4. The number of thiazole rings is 6. The average Bonchev–Trinajstić information content (AvgIpc) is 2.40. The number of imidazole rings is 1. The van der Waals surface area contributed by atoms with Crippen LogP contribution in [0, 0.1) is 12.8 Å². The van der Waals surface area contributed by atoms with E-state index in [9.17, 15) is 34.2 Å². The van der Waals surface area contributed by atoms with E-state index >= 15 is 4.79 Å². The molecule has 8 aromatic heterocycles. The Morgan fingerprint density at radius 2 is 1.38 bits per heavy atom. The summed E-state index contributed by atoms with van der Waals surface area (Å²) in [6.45, 7) is 3.62. The summed E-state index contributed by atoms with van der Waals surface area (Å²) in [5.74, 6) is -4.10. The van der Waals surface area contributed by atoms with Crippen LogP contribution in [0.4, 0.5) is 0 Å². The van der Waals surface area contributed by atoms with Gasteiger partial charge in [0.15, 0.2) is 0 Å². The van der Waals surface area contributed by atoms with Gasteiger partial charge in [-0.15, -0.1) is 68.0 Å². The highest BCUT2D eigenvalue weighted by Gasteiger charge is 2.45. The van der Waals surface area contributed by atoms with Crippen molar-refractivity contribution in [2.24, 2.45) is 17.4 Å². The van der Waals surface area contributed by atoms with E-state index in [1.54, 1.807) is 96.9 Å². The van der Waals surface area contributed by atoms with Crippen LogP contribution in [0.5, 0.6) is 5.75 Å². The molecule has 0 radical (unpaired) electrons. The number of benzene rings is 2. The summed E-state index contributed by atoms with van der Waals surface area (Å²) in [7, 11) is 0. The van der Waals surface area contributed by atoms with Gasteiger partial charge in [0.25, 0.3) is 23.6 Å². The summed E-state index contributed by atoms with van der Waals surface area (Å²) < 4.78 is 5.95. The zero-order valence-corrected chi connectivity index (χ0v) is 50.5. The SMILES string of the molecule is Cc1sc2nc1C(=O)N[C@@H]([C@H](O)c1ccccc1)c1nc(cs1)C(=O)N[C@@H](Cc1ccc(OCc3cnc[nH]3)cc1)C(=O)N1C[C@H](O)[C@H](C)[C@@H]1c1nc(cs1)-c1nc(cs1)-c1nc(-c3nc(C(N)=O)cs3)ccc1-c1nc(cs1)C(=O)N[C@H]2CC(N)=O. The van der Waals surface area contributed by atoms with Crippen LogP contribution in [0.25, 0.3) is 43.4 Å². The lowest BCUT2D eigenvalue weighted by Crippen LogP contribution is -2.50. The Balaban J connectivity index is 0.947. The number of nitrogens with zero attached hydrogens (tertiary/aromatic N) is 9. The molecule has 10 N–H and O–H groups in total. The summed E-state index contributed by atoms with van der Waals surface area (Å²) in [5.41, 5.74) is 15.1. The summed E-state index contributed by atoms with van der Waals surface area (Å²) in [6.07, 6.45) is 0.434. The molecule has 2 aromatic carbocycles. The Labute approximate surface area is 517 Å². The lowest BCUT2D eigenvalue weighted by Gasteiger charge is -2.29. The first-order valence-electron chi connectivity index (χ1n) is 26.7. The minimum atomic E-state index is -1.41. The molecule has 10 bridgehead atoms. The molecule has 30 heteroatoms. The average molecular weight is 1280 g/mol. The minimum absolute atomic E-state index is 0.000152. The van der Waals surface area contributed by atoms with Gasteiger partial charge in [0, 0.05) is 56.2 Å². The number of aliphatic hydroxyl groups excluding tert-OH is 2. The number of hydrogen-bond acceptors (Lipinski definition) is 23. The lowest BCUT2D eigenvalue weighted by atomic mass is 10.00. The quantitative estimate of drug-likeness (QED) is 0.0647. The summed E-state index contributed by atoms with van der Waals surface area (Å²) in [4.78, 5) is 126. The molecule has 0 unspecified atom stereocenters. The lowest BCUT2D eigenvalue weighted by molar-refractivity contribution is -0.134. The number of nitrogens with two attached hydrogens (primary N) is 2. The number of pyridine rings is 1. The second kappa shape index (κ2) is 24.8. The predicted octanol–water partition coefficient (Wildman–Crippen LogP) is 6.98. The normalized spacial score (nSPS) is 19.4. The number of H-pyrrole nitrogens is 1. The van der Waals surface area contributed by atoms with E-state index in [1.165, 1.54) is 49.7 Å². The van der Waals surface area contributed by atoms with E-state index in [2.05, 4.69) is 40.9 Å². The number of ether oxygens (including phenoxy) is 1. The van der Waals surface area contributed by atoms with Crippen LogP contribution < -0.4 is 32.2 Å². The number of aromatic amines is 1. The van der Waals surface area contributed by atoms with Gasteiger partial charge in [0.1, 0.15) is 100 Å².